The quantitative estimate of drug-likeness (QED) is 0.416. The van der Waals surface area contributed by atoms with Crippen LogP contribution in [0.4, 0.5) is 15.0 Å². The minimum atomic E-state index is -0.750. The summed E-state index contributed by atoms with van der Waals surface area (Å²) in [6.45, 7) is 13.9. The number of hydrogen-bond donors (Lipinski definition) is 0. The van der Waals surface area contributed by atoms with Gasteiger partial charge in [-0.25, -0.2) is 23.5 Å². The number of amides is 1. The molecule has 1 aliphatic heterocycles. The van der Waals surface area contributed by atoms with Crippen molar-refractivity contribution < 1.29 is 15.3 Å². The molecule has 38 heavy (non-hydrogen) atoms. The van der Waals surface area contributed by atoms with Gasteiger partial charge in [-0.2, -0.15) is 4.98 Å². The van der Waals surface area contributed by atoms with Crippen molar-refractivity contribution >= 4 is 34.5 Å². The fourth-order valence-corrected chi connectivity index (χ4v) is 4.84. The summed E-state index contributed by atoms with van der Waals surface area (Å²) in [4.78, 5) is 43.2. The highest BCUT2D eigenvalue weighted by molar-refractivity contribution is 6.30. The van der Waals surface area contributed by atoms with Crippen molar-refractivity contribution in [3.63, 3.8) is 0 Å². The number of piperazine rings is 1. The first kappa shape index (κ1) is 26.3. The molecule has 0 aliphatic carbocycles. The van der Waals surface area contributed by atoms with Gasteiger partial charge < -0.3 is 9.64 Å². The van der Waals surface area contributed by atoms with Gasteiger partial charge in [-0.1, -0.05) is 25.4 Å². The molecule has 1 amide bonds. The van der Waals surface area contributed by atoms with Crippen LogP contribution in [0.2, 0.25) is 5.15 Å². The summed E-state index contributed by atoms with van der Waals surface area (Å²) in [5.74, 6) is -0.584. The Morgan fingerprint density at radius 1 is 1.26 bits per heavy atom. The molecular weight excluding hydrogens is 511 g/mol. The summed E-state index contributed by atoms with van der Waals surface area (Å²) in [5, 5.41) is -0.0993. The van der Waals surface area contributed by atoms with Crippen molar-refractivity contribution in [3.05, 3.63) is 51.0 Å². The minimum Gasteiger partial charge on any atom is -0.444 e. The van der Waals surface area contributed by atoms with Crippen LogP contribution in [0, 0.1) is 12.7 Å². The summed E-state index contributed by atoms with van der Waals surface area (Å²) in [6, 6.07) is 2.89. The Morgan fingerprint density at radius 2 is 1.97 bits per heavy atom. The predicted molar refractivity (Wildman–Crippen MR) is 146 cm³/mol. The van der Waals surface area contributed by atoms with E-state index in [9.17, 15) is 14.0 Å². The molecule has 0 saturated carbocycles. The molecule has 4 rings (SSSR count). The van der Waals surface area contributed by atoms with E-state index in [1.165, 1.54) is 10.6 Å². The number of aromatic nitrogens is 4. The molecule has 0 unspecified atom stereocenters. The van der Waals surface area contributed by atoms with Crippen LogP contribution in [0.1, 0.15) is 67.0 Å². The Hall–Kier alpha value is -3.27. The number of halogens is 2. The number of pyridine rings is 2. The van der Waals surface area contributed by atoms with Crippen LogP contribution in [-0.2, 0) is 4.74 Å². The second-order valence-electron chi connectivity index (χ2n) is 11.4. The first-order chi connectivity index (χ1) is 18.1. The van der Waals surface area contributed by atoms with E-state index in [2.05, 4.69) is 15.0 Å². The van der Waals surface area contributed by atoms with Gasteiger partial charge in [0, 0.05) is 27.2 Å². The lowest BCUT2D eigenvalue weighted by atomic mass is 9.99. The summed E-state index contributed by atoms with van der Waals surface area (Å²) in [5.41, 5.74) is -0.310. The second-order valence-corrected chi connectivity index (χ2v) is 11.8. The van der Waals surface area contributed by atoms with Crippen LogP contribution in [-0.4, -0.2) is 61.3 Å². The zero-order chi connectivity index (χ0) is 28.9. The van der Waals surface area contributed by atoms with Crippen LogP contribution in [0.3, 0.4) is 0 Å². The van der Waals surface area contributed by atoms with Crippen molar-refractivity contribution in [3.8, 4) is 5.69 Å². The number of aryl methyl sites for hydroxylation is 1. The molecule has 0 bridgehead atoms. The second kappa shape index (κ2) is 9.80. The van der Waals surface area contributed by atoms with Gasteiger partial charge in [0.25, 0.3) is 0 Å². The fourth-order valence-electron chi connectivity index (χ4n) is 4.71. The van der Waals surface area contributed by atoms with E-state index in [-0.39, 0.29) is 34.8 Å². The first-order valence-corrected chi connectivity index (χ1v) is 12.8. The third kappa shape index (κ3) is 5.18. The highest BCUT2D eigenvalue weighted by Gasteiger charge is 2.40. The van der Waals surface area contributed by atoms with E-state index < -0.39 is 28.7 Å². The average Bonchev–Trinajstić information content (AvgIpc) is 2.82. The van der Waals surface area contributed by atoms with Crippen LogP contribution < -0.4 is 10.6 Å². The molecule has 3 aromatic heterocycles. The monoisotopic (exact) mass is 545 g/mol. The number of rotatable bonds is 3. The Labute approximate surface area is 228 Å². The maximum absolute atomic E-state index is 14.8. The van der Waals surface area contributed by atoms with E-state index in [0.717, 1.165) is 0 Å². The van der Waals surface area contributed by atoms with E-state index >= 15 is 0 Å². The van der Waals surface area contributed by atoms with Gasteiger partial charge in [-0.15, -0.1) is 0 Å². The van der Waals surface area contributed by atoms with Gasteiger partial charge in [-0.3, -0.25) is 9.88 Å². The number of nitrogens with zero attached hydrogens (tertiary/aromatic N) is 6. The molecule has 1 fully saturated rings. The smallest absolute Gasteiger partial charge is 0.410 e. The molecule has 0 N–H and O–H groups in total. The van der Waals surface area contributed by atoms with Crippen molar-refractivity contribution in [2.75, 3.05) is 24.5 Å². The Kier molecular flexibility index (Phi) is 6.79. The lowest BCUT2D eigenvalue weighted by Gasteiger charge is -2.47. The molecule has 0 aromatic carbocycles. The zero-order valence-electron chi connectivity index (χ0n) is 23.8. The zero-order valence-corrected chi connectivity index (χ0v) is 23.6. The van der Waals surface area contributed by atoms with Crippen molar-refractivity contribution in [1.82, 2.24) is 24.4 Å². The lowest BCUT2D eigenvalue weighted by Crippen LogP contribution is -2.62. The van der Waals surface area contributed by atoms with E-state index in [1.807, 2.05) is 53.4 Å². The van der Waals surface area contributed by atoms with Crippen molar-refractivity contribution in [2.45, 2.75) is 72.4 Å². The largest absolute Gasteiger partial charge is 0.444 e. The molecule has 0 radical (unpaired) electrons. The summed E-state index contributed by atoms with van der Waals surface area (Å²) < 4.78 is 29.8. The van der Waals surface area contributed by atoms with E-state index in [0.29, 0.717) is 36.6 Å². The van der Waals surface area contributed by atoms with Gasteiger partial charge in [0.05, 0.1) is 22.3 Å². The Bertz CT molecular complexity index is 1490. The molecule has 1 aliphatic rings. The molecule has 0 atom stereocenters. The number of fused-ring (bicyclic) bond motifs is 1. The summed E-state index contributed by atoms with van der Waals surface area (Å²) in [7, 11) is 0. The van der Waals surface area contributed by atoms with Crippen LogP contribution >= 0.6 is 11.6 Å². The first-order valence-electron chi connectivity index (χ1n) is 13.2. The number of anilines is 1. The van der Waals surface area contributed by atoms with Gasteiger partial charge >= 0.3 is 11.8 Å². The van der Waals surface area contributed by atoms with Crippen LogP contribution in [0.5, 0.6) is 0 Å². The molecule has 0 spiro atoms. The SMILES string of the molecule is [2H]Cc1ccnc(C(C)C)c1-n1c(=O)nc(N2CCN(C(=O)OC(C)(C)C)C(C)(C)C2)c2cc(F)c(Cl)nc21. The third-order valence-electron chi connectivity index (χ3n) is 6.38. The summed E-state index contributed by atoms with van der Waals surface area (Å²) >= 11 is 6.12. The minimum absolute atomic E-state index is 0.0780. The summed E-state index contributed by atoms with van der Waals surface area (Å²) in [6.07, 6.45) is 1.17. The predicted octanol–water partition coefficient (Wildman–Crippen LogP) is 5.24. The molecule has 204 valence electrons. The molecule has 9 nitrogen and oxygen atoms in total. The van der Waals surface area contributed by atoms with Crippen LogP contribution in [0.25, 0.3) is 16.7 Å². The third-order valence-corrected chi connectivity index (χ3v) is 6.65. The van der Waals surface area contributed by atoms with Crippen molar-refractivity contribution in [1.29, 1.82) is 0 Å². The van der Waals surface area contributed by atoms with Gasteiger partial charge in [0.15, 0.2) is 16.6 Å². The molecular formula is C27H34ClFN6O3. The van der Waals surface area contributed by atoms with Gasteiger partial charge in [0.2, 0.25) is 0 Å². The average molecular weight is 546 g/mol. The van der Waals surface area contributed by atoms with Gasteiger partial charge in [0.1, 0.15) is 11.4 Å². The van der Waals surface area contributed by atoms with E-state index in [4.69, 9.17) is 17.7 Å². The Balaban J connectivity index is 1.88. The van der Waals surface area contributed by atoms with Gasteiger partial charge in [-0.05, 0) is 65.1 Å². The maximum atomic E-state index is 14.8. The Morgan fingerprint density at radius 3 is 2.58 bits per heavy atom. The number of carbonyl (C=O) groups excluding carboxylic acids is 1. The highest BCUT2D eigenvalue weighted by atomic mass is 35.5. The molecule has 4 heterocycles. The number of ether oxygens (including phenoxy) is 1. The fraction of sp³-hybridized carbons (Fsp3) is 0.519. The van der Waals surface area contributed by atoms with Crippen molar-refractivity contribution in [2.24, 2.45) is 0 Å². The molecule has 3 aromatic rings. The standard InChI is InChI=1S/C27H34ClFN6O3/c1-15(2)19-20(16(3)9-10-30-19)35-23-17(13-18(29)21(28)31-23)22(32-24(35)36)33-11-12-34(27(7,8)14-33)25(37)38-26(4,5)6/h9-10,13,15H,11-12,14H2,1-8H3/i3D. The van der Waals surface area contributed by atoms with E-state index in [1.54, 1.807) is 17.2 Å². The topological polar surface area (TPSA) is 93.5 Å². The number of carbonyl (C=O) groups is 1. The molecule has 11 heteroatoms. The maximum Gasteiger partial charge on any atom is 0.410 e. The lowest BCUT2D eigenvalue weighted by molar-refractivity contribution is 0.000329. The number of hydrogen-bond acceptors (Lipinski definition) is 7. The molecule has 1 saturated heterocycles. The van der Waals surface area contributed by atoms with Crippen LogP contribution in [0.15, 0.2) is 23.1 Å². The normalized spacial score (nSPS) is 16.2. The highest BCUT2D eigenvalue weighted by Crippen LogP contribution is 2.33.